The van der Waals surface area contributed by atoms with Crippen molar-refractivity contribution in [2.75, 3.05) is 12.8 Å². The number of ether oxygens (including phenoxy) is 1. The molecule has 1 amide bonds. The van der Waals surface area contributed by atoms with Crippen LogP contribution in [0.5, 0.6) is 0 Å². The number of hydrazine groups is 1. The van der Waals surface area contributed by atoms with Crippen molar-refractivity contribution in [3.05, 3.63) is 35.9 Å². The van der Waals surface area contributed by atoms with E-state index in [2.05, 4.69) is 15.6 Å². The molecule has 6 heteroatoms. The molecule has 0 spiro atoms. The molecule has 116 valence electrons. The molecule has 1 rings (SSSR count). The van der Waals surface area contributed by atoms with Gasteiger partial charge >= 0.3 is 0 Å². The lowest BCUT2D eigenvalue weighted by molar-refractivity contribution is -0.138. The normalized spacial score (nSPS) is 10.5. The summed E-state index contributed by atoms with van der Waals surface area (Å²) in [7, 11) is 1.63. The zero-order valence-electron chi connectivity index (χ0n) is 12.8. The number of rotatable bonds is 4. The number of anilines is 1. The van der Waals surface area contributed by atoms with Crippen molar-refractivity contribution < 1.29 is 14.3 Å². The van der Waals surface area contributed by atoms with Crippen molar-refractivity contribution in [2.24, 2.45) is 0 Å². The van der Waals surface area contributed by atoms with E-state index >= 15 is 0 Å². The van der Waals surface area contributed by atoms with E-state index in [0.29, 0.717) is 12.2 Å². The van der Waals surface area contributed by atoms with Crippen LogP contribution in [0.4, 0.5) is 5.69 Å². The molecule has 0 radical (unpaired) electrons. The van der Waals surface area contributed by atoms with Crippen molar-refractivity contribution >= 4 is 24.1 Å². The average Bonchev–Trinajstić information content (AvgIpc) is 2.38. The smallest absolute Gasteiger partial charge is 0.293 e. The molecular weight excluding hydrogens is 270 g/mol. The summed E-state index contributed by atoms with van der Waals surface area (Å²) in [4.78, 5) is 20.6. The summed E-state index contributed by atoms with van der Waals surface area (Å²) in [6.45, 7) is 5.92. The fourth-order valence-corrected chi connectivity index (χ4v) is 1.09. The number of nitrogens with one attached hydrogen (secondary N) is 2. The van der Waals surface area contributed by atoms with Crippen LogP contribution < -0.4 is 16.6 Å². The zero-order chi connectivity index (χ0) is 16.3. The predicted octanol–water partition coefficient (Wildman–Crippen LogP) is 1.49. The molecule has 0 aromatic heterocycles. The van der Waals surface area contributed by atoms with Crippen LogP contribution in [-0.4, -0.2) is 25.0 Å². The minimum atomic E-state index is -0.318. The molecule has 0 saturated carbocycles. The number of amides is 1. The topological polar surface area (TPSA) is 93.5 Å². The second-order valence-electron chi connectivity index (χ2n) is 5.07. The van der Waals surface area contributed by atoms with E-state index in [1.807, 2.05) is 32.9 Å². The fourth-order valence-electron chi connectivity index (χ4n) is 1.09. The standard InChI is InChI=1S/C10H13N3O.C5H10O2/c1-12-13-10(14)7-4-8-2-5-9(11)6-3-8;1-5(2,3)7-4-6/h2-7,12H,11H2,1H3,(H,13,14);4H,1-3H3/b7-4+;. The van der Waals surface area contributed by atoms with Crippen molar-refractivity contribution in [3.63, 3.8) is 0 Å². The van der Waals surface area contributed by atoms with Gasteiger partial charge in [-0.2, -0.15) is 0 Å². The van der Waals surface area contributed by atoms with Crippen LogP contribution in [0.3, 0.4) is 0 Å². The average molecular weight is 293 g/mol. The summed E-state index contributed by atoms with van der Waals surface area (Å²) in [5, 5.41) is 0. The van der Waals surface area contributed by atoms with Gasteiger partial charge in [0.2, 0.25) is 0 Å². The van der Waals surface area contributed by atoms with Gasteiger partial charge in [-0.1, -0.05) is 12.1 Å². The van der Waals surface area contributed by atoms with Gasteiger partial charge in [0.25, 0.3) is 12.4 Å². The Balaban J connectivity index is 0.000000486. The summed E-state index contributed by atoms with van der Waals surface area (Å²) >= 11 is 0. The summed E-state index contributed by atoms with van der Waals surface area (Å²) < 4.78 is 4.55. The second-order valence-corrected chi connectivity index (χ2v) is 5.07. The van der Waals surface area contributed by atoms with Crippen molar-refractivity contribution in [1.29, 1.82) is 0 Å². The number of carbonyl (C=O) groups excluding carboxylic acids is 2. The van der Waals surface area contributed by atoms with E-state index in [4.69, 9.17) is 5.73 Å². The van der Waals surface area contributed by atoms with Crippen LogP contribution in [0, 0.1) is 0 Å². The third-order valence-corrected chi connectivity index (χ3v) is 2.01. The van der Waals surface area contributed by atoms with Gasteiger partial charge in [-0.15, -0.1) is 0 Å². The summed E-state index contributed by atoms with van der Waals surface area (Å²) in [6.07, 6.45) is 3.16. The summed E-state index contributed by atoms with van der Waals surface area (Å²) in [6, 6.07) is 7.27. The van der Waals surface area contributed by atoms with Crippen molar-refractivity contribution in [1.82, 2.24) is 10.9 Å². The third kappa shape index (κ3) is 11.2. The Bertz CT molecular complexity index is 462. The Labute approximate surface area is 125 Å². The third-order valence-electron chi connectivity index (χ3n) is 2.01. The van der Waals surface area contributed by atoms with Crippen LogP contribution in [0.1, 0.15) is 26.3 Å². The molecule has 4 N–H and O–H groups in total. The monoisotopic (exact) mass is 293 g/mol. The second kappa shape index (κ2) is 9.55. The fraction of sp³-hybridized carbons (Fsp3) is 0.333. The molecule has 0 unspecified atom stereocenters. The largest absolute Gasteiger partial charge is 0.462 e. The van der Waals surface area contributed by atoms with E-state index in [1.54, 1.807) is 25.3 Å². The van der Waals surface area contributed by atoms with Crippen LogP contribution in [-0.2, 0) is 14.3 Å². The molecule has 1 aromatic rings. The quantitative estimate of drug-likeness (QED) is 0.338. The minimum Gasteiger partial charge on any atom is -0.462 e. The lowest BCUT2D eigenvalue weighted by atomic mass is 10.2. The molecule has 21 heavy (non-hydrogen) atoms. The molecule has 0 heterocycles. The number of carbonyl (C=O) groups is 2. The van der Waals surface area contributed by atoms with Gasteiger partial charge in [-0.3, -0.25) is 15.0 Å². The number of nitrogen functional groups attached to an aromatic ring is 1. The number of nitrogens with two attached hydrogens (primary N) is 1. The first-order valence-corrected chi connectivity index (χ1v) is 6.40. The van der Waals surface area contributed by atoms with Crippen LogP contribution in [0.15, 0.2) is 30.3 Å². The highest BCUT2D eigenvalue weighted by Gasteiger charge is 2.07. The van der Waals surface area contributed by atoms with Crippen LogP contribution >= 0.6 is 0 Å². The highest BCUT2D eigenvalue weighted by molar-refractivity contribution is 5.91. The molecule has 0 aliphatic heterocycles. The first-order valence-electron chi connectivity index (χ1n) is 6.40. The highest BCUT2D eigenvalue weighted by Crippen LogP contribution is 2.06. The summed E-state index contributed by atoms with van der Waals surface area (Å²) in [5.41, 5.74) is 11.8. The Morgan fingerprint density at radius 1 is 1.24 bits per heavy atom. The van der Waals surface area contributed by atoms with Crippen molar-refractivity contribution in [3.8, 4) is 0 Å². The zero-order valence-corrected chi connectivity index (χ0v) is 12.8. The summed E-state index contributed by atoms with van der Waals surface area (Å²) in [5.74, 6) is -0.190. The van der Waals surface area contributed by atoms with Crippen LogP contribution in [0.2, 0.25) is 0 Å². The SMILES string of the molecule is CC(C)(C)OC=O.CNNC(=O)/C=C/c1ccc(N)cc1. The Kier molecular flexibility index (Phi) is 8.48. The van der Waals surface area contributed by atoms with E-state index < -0.39 is 0 Å². The molecule has 0 aliphatic carbocycles. The predicted molar refractivity (Wildman–Crippen MR) is 84.0 cm³/mol. The highest BCUT2D eigenvalue weighted by atomic mass is 16.5. The van der Waals surface area contributed by atoms with Gasteiger partial charge in [-0.25, -0.2) is 5.43 Å². The van der Waals surface area contributed by atoms with E-state index in [0.717, 1.165) is 5.56 Å². The van der Waals surface area contributed by atoms with Gasteiger partial charge in [-0.05, 0) is 44.5 Å². The molecule has 0 atom stereocenters. The van der Waals surface area contributed by atoms with E-state index in [9.17, 15) is 9.59 Å². The number of hydrogen-bond acceptors (Lipinski definition) is 5. The Morgan fingerprint density at radius 3 is 2.19 bits per heavy atom. The molecule has 6 nitrogen and oxygen atoms in total. The minimum absolute atomic E-state index is 0.190. The van der Waals surface area contributed by atoms with Crippen molar-refractivity contribution in [2.45, 2.75) is 26.4 Å². The molecule has 1 aromatic carbocycles. The first-order chi connectivity index (χ1) is 9.78. The number of benzene rings is 1. The van der Waals surface area contributed by atoms with Gasteiger partial charge in [0.15, 0.2) is 0 Å². The first kappa shape index (κ1) is 18.7. The van der Waals surface area contributed by atoms with E-state index in [-0.39, 0.29) is 11.5 Å². The van der Waals surface area contributed by atoms with Gasteiger partial charge < -0.3 is 10.5 Å². The Morgan fingerprint density at radius 2 is 1.81 bits per heavy atom. The molecule has 0 aliphatic rings. The maximum atomic E-state index is 11.0. The lowest BCUT2D eigenvalue weighted by Crippen LogP contribution is -2.32. The molecular formula is C15H23N3O3. The maximum Gasteiger partial charge on any atom is 0.293 e. The van der Waals surface area contributed by atoms with Gasteiger partial charge in [0, 0.05) is 18.8 Å². The number of hydrogen-bond donors (Lipinski definition) is 3. The van der Waals surface area contributed by atoms with Gasteiger partial charge in [0.05, 0.1) is 0 Å². The van der Waals surface area contributed by atoms with Crippen LogP contribution in [0.25, 0.3) is 6.08 Å². The Hall–Kier alpha value is -2.34. The van der Waals surface area contributed by atoms with E-state index in [1.165, 1.54) is 6.08 Å². The molecule has 0 fully saturated rings. The van der Waals surface area contributed by atoms with Gasteiger partial charge in [0.1, 0.15) is 5.60 Å². The molecule has 0 bridgehead atoms. The maximum absolute atomic E-state index is 11.0. The lowest BCUT2D eigenvalue weighted by Gasteiger charge is -2.14. The molecule has 0 saturated heterocycles.